The van der Waals surface area contributed by atoms with Gasteiger partial charge in [0.25, 0.3) is 0 Å². The van der Waals surface area contributed by atoms with Crippen molar-refractivity contribution in [2.75, 3.05) is 38.0 Å². The van der Waals surface area contributed by atoms with E-state index in [1.54, 1.807) is 6.07 Å². The number of nitrogens with one attached hydrogen (secondary N) is 1. The highest BCUT2D eigenvalue weighted by molar-refractivity contribution is 5.92. The molecule has 1 saturated heterocycles. The number of hydrogen-bond acceptors (Lipinski definition) is 5. The van der Waals surface area contributed by atoms with E-state index in [-0.39, 0.29) is 11.5 Å². The van der Waals surface area contributed by atoms with Gasteiger partial charge in [-0.1, -0.05) is 31.2 Å². The molecule has 162 valence electrons. The quantitative estimate of drug-likeness (QED) is 0.620. The number of anilines is 1. The number of carbonyl (C=O) groups is 1. The molecule has 1 amide bonds. The van der Waals surface area contributed by atoms with Crippen LogP contribution in [0.15, 0.2) is 57.7 Å². The standard InChI is InChI=1S/C25H29N3O3/c1-3-19-5-4-6-21(14-19)26-24(29)17-28-11-9-27(10-12-28)16-20-15-25(30)31-23-13-18(2)7-8-22(20)23/h4-8,13-15H,3,9-12,16-17H2,1-2H3,(H,26,29). The SMILES string of the molecule is CCc1cccc(NC(=O)CN2CCN(Cc3cc(=O)oc4cc(C)ccc34)CC2)c1. The molecule has 0 spiro atoms. The molecule has 0 radical (unpaired) electrons. The number of hydrogen-bond donors (Lipinski definition) is 1. The second-order valence-electron chi connectivity index (χ2n) is 8.24. The van der Waals surface area contributed by atoms with Crippen LogP contribution in [-0.2, 0) is 17.8 Å². The van der Waals surface area contributed by atoms with Gasteiger partial charge in [0.05, 0.1) is 6.54 Å². The van der Waals surface area contributed by atoms with Gasteiger partial charge in [-0.3, -0.25) is 14.6 Å². The Bertz CT molecular complexity index is 1130. The maximum atomic E-state index is 12.5. The zero-order chi connectivity index (χ0) is 21.8. The van der Waals surface area contributed by atoms with Crippen molar-refractivity contribution in [3.8, 4) is 0 Å². The molecule has 0 unspecified atom stereocenters. The number of nitrogens with zero attached hydrogens (tertiary/aromatic N) is 2. The lowest BCUT2D eigenvalue weighted by molar-refractivity contribution is -0.117. The highest BCUT2D eigenvalue weighted by atomic mass is 16.4. The van der Waals surface area contributed by atoms with Crippen LogP contribution in [0.1, 0.15) is 23.6 Å². The van der Waals surface area contributed by atoms with Gasteiger partial charge in [0.15, 0.2) is 0 Å². The van der Waals surface area contributed by atoms with Gasteiger partial charge >= 0.3 is 5.63 Å². The van der Waals surface area contributed by atoms with Crippen molar-refractivity contribution < 1.29 is 9.21 Å². The van der Waals surface area contributed by atoms with Crippen molar-refractivity contribution in [1.29, 1.82) is 0 Å². The molecule has 1 N–H and O–H groups in total. The molecule has 3 aromatic rings. The number of benzene rings is 2. The van der Waals surface area contributed by atoms with E-state index >= 15 is 0 Å². The number of amides is 1. The minimum Gasteiger partial charge on any atom is -0.423 e. The summed E-state index contributed by atoms with van der Waals surface area (Å²) in [5, 5.41) is 3.99. The van der Waals surface area contributed by atoms with E-state index in [0.29, 0.717) is 18.7 Å². The predicted molar refractivity (Wildman–Crippen MR) is 123 cm³/mol. The molecule has 6 nitrogen and oxygen atoms in total. The Morgan fingerprint density at radius 1 is 1.03 bits per heavy atom. The van der Waals surface area contributed by atoms with Crippen LogP contribution in [0.5, 0.6) is 0 Å². The first-order valence-electron chi connectivity index (χ1n) is 10.9. The zero-order valence-electron chi connectivity index (χ0n) is 18.2. The molecule has 4 rings (SSSR count). The van der Waals surface area contributed by atoms with Crippen LogP contribution in [0.4, 0.5) is 5.69 Å². The van der Waals surface area contributed by atoms with E-state index in [9.17, 15) is 9.59 Å². The summed E-state index contributed by atoms with van der Waals surface area (Å²) in [5.74, 6) is 0.0173. The monoisotopic (exact) mass is 419 g/mol. The second-order valence-corrected chi connectivity index (χ2v) is 8.24. The Balaban J connectivity index is 1.32. The smallest absolute Gasteiger partial charge is 0.336 e. The largest absolute Gasteiger partial charge is 0.423 e. The Labute approximate surface area is 182 Å². The van der Waals surface area contributed by atoms with E-state index in [1.165, 1.54) is 5.56 Å². The minimum absolute atomic E-state index is 0.0173. The van der Waals surface area contributed by atoms with Crippen molar-refractivity contribution in [1.82, 2.24) is 9.80 Å². The molecule has 1 fully saturated rings. The number of carbonyl (C=O) groups excluding carboxylic acids is 1. The molecule has 2 aromatic carbocycles. The number of fused-ring (bicyclic) bond motifs is 1. The normalized spacial score (nSPS) is 15.3. The predicted octanol–water partition coefficient (Wildman–Crippen LogP) is 3.42. The zero-order valence-corrected chi connectivity index (χ0v) is 18.2. The minimum atomic E-state index is -0.310. The van der Waals surface area contributed by atoms with Crippen molar-refractivity contribution in [3.05, 3.63) is 75.6 Å². The molecular weight excluding hydrogens is 390 g/mol. The number of piperazine rings is 1. The van der Waals surface area contributed by atoms with Crippen LogP contribution in [0.2, 0.25) is 0 Å². The van der Waals surface area contributed by atoms with E-state index in [4.69, 9.17) is 4.42 Å². The molecule has 1 aliphatic rings. The summed E-state index contributed by atoms with van der Waals surface area (Å²) in [6.07, 6.45) is 0.948. The highest BCUT2D eigenvalue weighted by Crippen LogP contribution is 2.20. The first-order chi connectivity index (χ1) is 15.0. The molecule has 2 heterocycles. The van der Waals surface area contributed by atoms with Crippen molar-refractivity contribution in [2.24, 2.45) is 0 Å². The average molecular weight is 420 g/mol. The molecular formula is C25H29N3O3. The lowest BCUT2D eigenvalue weighted by Gasteiger charge is -2.34. The third kappa shape index (κ3) is 5.40. The number of rotatable bonds is 6. The van der Waals surface area contributed by atoms with Crippen LogP contribution in [-0.4, -0.2) is 48.4 Å². The van der Waals surface area contributed by atoms with E-state index in [2.05, 4.69) is 28.1 Å². The van der Waals surface area contributed by atoms with Crippen LogP contribution < -0.4 is 10.9 Å². The van der Waals surface area contributed by atoms with Gasteiger partial charge in [-0.05, 0) is 48.2 Å². The summed E-state index contributed by atoms with van der Waals surface area (Å²) in [6.45, 7) is 8.53. The van der Waals surface area contributed by atoms with Gasteiger partial charge in [-0.15, -0.1) is 0 Å². The third-order valence-corrected chi connectivity index (χ3v) is 5.83. The summed E-state index contributed by atoms with van der Waals surface area (Å²) in [4.78, 5) is 28.9. The van der Waals surface area contributed by atoms with Gasteiger partial charge in [0, 0.05) is 49.9 Å². The van der Waals surface area contributed by atoms with Crippen molar-refractivity contribution in [3.63, 3.8) is 0 Å². The third-order valence-electron chi connectivity index (χ3n) is 5.83. The topological polar surface area (TPSA) is 65.8 Å². The van der Waals surface area contributed by atoms with Gasteiger partial charge in [-0.2, -0.15) is 0 Å². The summed E-state index contributed by atoms with van der Waals surface area (Å²) < 4.78 is 5.37. The summed E-state index contributed by atoms with van der Waals surface area (Å²) in [5.41, 5.74) is 4.46. The Kier molecular flexibility index (Phi) is 6.49. The van der Waals surface area contributed by atoms with Gasteiger partial charge in [0.1, 0.15) is 5.58 Å². The molecule has 0 atom stereocenters. The fourth-order valence-corrected chi connectivity index (χ4v) is 4.09. The Morgan fingerprint density at radius 2 is 1.81 bits per heavy atom. The van der Waals surface area contributed by atoms with Gasteiger partial charge in [0.2, 0.25) is 5.91 Å². The highest BCUT2D eigenvalue weighted by Gasteiger charge is 2.20. The lowest BCUT2D eigenvalue weighted by Crippen LogP contribution is -2.48. The summed E-state index contributed by atoms with van der Waals surface area (Å²) in [7, 11) is 0. The van der Waals surface area contributed by atoms with Gasteiger partial charge in [-0.25, -0.2) is 4.79 Å². The van der Waals surface area contributed by atoms with Crippen LogP contribution in [0, 0.1) is 6.92 Å². The lowest BCUT2D eigenvalue weighted by atomic mass is 10.1. The fourth-order valence-electron chi connectivity index (χ4n) is 4.09. The Hall–Kier alpha value is -2.96. The molecule has 1 aliphatic heterocycles. The van der Waals surface area contributed by atoms with E-state index in [0.717, 1.165) is 54.8 Å². The Morgan fingerprint density at radius 3 is 2.58 bits per heavy atom. The second kappa shape index (κ2) is 9.45. The van der Waals surface area contributed by atoms with Gasteiger partial charge < -0.3 is 9.73 Å². The fraction of sp³-hybridized carbons (Fsp3) is 0.360. The van der Waals surface area contributed by atoms with Crippen molar-refractivity contribution in [2.45, 2.75) is 26.8 Å². The molecule has 1 aromatic heterocycles. The average Bonchev–Trinajstić information content (AvgIpc) is 2.74. The maximum Gasteiger partial charge on any atom is 0.336 e. The summed E-state index contributed by atoms with van der Waals surface area (Å²) >= 11 is 0. The van der Waals surface area contributed by atoms with E-state index in [1.807, 2.05) is 43.3 Å². The first kappa shape index (κ1) is 21.3. The molecule has 0 saturated carbocycles. The van der Waals surface area contributed by atoms with Crippen LogP contribution >= 0.6 is 0 Å². The molecule has 6 heteroatoms. The van der Waals surface area contributed by atoms with E-state index < -0.39 is 0 Å². The van der Waals surface area contributed by atoms with Crippen LogP contribution in [0.3, 0.4) is 0 Å². The molecule has 0 bridgehead atoms. The maximum absolute atomic E-state index is 12.5. The molecule has 31 heavy (non-hydrogen) atoms. The number of aryl methyl sites for hydroxylation is 2. The summed E-state index contributed by atoms with van der Waals surface area (Å²) in [6, 6.07) is 15.6. The van der Waals surface area contributed by atoms with Crippen molar-refractivity contribution >= 4 is 22.6 Å². The molecule has 0 aliphatic carbocycles. The van der Waals surface area contributed by atoms with Crippen LogP contribution in [0.25, 0.3) is 11.0 Å². The first-order valence-corrected chi connectivity index (χ1v) is 10.9.